The zero-order valence-electron chi connectivity index (χ0n) is 19.1. The first-order chi connectivity index (χ1) is 16.5. The van der Waals surface area contributed by atoms with E-state index in [-0.39, 0.29) is 17.2 Å². The number of thioether (sulfide) groups is 1. The molecule has 0 fully saturated rings. The Labute approximate surface area is 201 Å². The van der Waals surface area contributed by atoms with E-state index in [1.54, 1.807) is 23.8 Å². The van der Waals surface area contributed by atoms with Crippen LogP contribution >= 0.6 is 11.8 Å². The Morgan fingerprint density at radius 3 is 2.65 bits per heavy atom. The minimum absolute atomic E-state index is 0.0472. The van der Waals surface area contributed by atoms with Crippen molar-refractivity contribution in [3.63, 3.8) is 0 Å². The van der Waals surface area contributed by atoms with Gasteiger partial charge in [-0.3, -0.25) is 14.2 Å². The first-order valence-electron chi connectivity index (χ1n) is 10.7. The fraction of sp³-hybridized carbons (Fsp3) is 0.154. The molecule has 4 aromatic rings. The van der Waals surface area contributed by atoms with Gasteiger partial charge in [0.25, 0.3) is 11.5 Å². The van der Waals surface area contributed by atoms with Gasteiger partial charge in [0.05, 0.1) is 35.2 Å². The van der Waals surface area contributed by atoms with Gasteiger partial charge in [-0.05, 0) is 49.7 Å². The van der Waals surface area contributed by atoms with Gasteiger partial charge in [-0.1, -0.05) is 54.2 Å². The summed E-state index contributed by atoms with van der Waals surface area (Å²) in [5.74, 6) is 0.461. The smallest absolute Gasteiger partial charge is 0.266 e. The zero-order valence-corrected chi connectivity index (χ0v) is 19.9. The number of carbonyl (C=O) groups is 1. The number of amides is 1. The van der Waals surface area contributed by atoms with E-state index in [1.807, 2.05) is 74.5 Å². The van der Waals surface area contributed by atoms with Gasteiger partial charge in [-0.2, -0.15) is 5.10 Å². The molecule has 0 saturated carbocycles. The standard InChI is InChI=1S/C26H24N4O3S/c1-17-9-4-7-14-23(17)30-25(32)21-12-5-6-13-22(21)27-26(30)34-16-24(31)29-28-18(2)19-10-8-11-20(15-19)33-3/h4-15H,16H2,1-3H3,(H,29,31)/b28-18+. The predicted octanol–water partition coefficient (Wildman–Crippen LogP) is 4.34. The summed E-state index contributed by atoms with van der Waals surface area (Å²) in [7, 11) is 1.60. The molecular formula is C26H24N4O3S. The van der Waals surface area contributed by atoms with Gasteiger partial charge in [-0.15, -0.1) is 0 Å². The highest BCUT2D eigenvalue weighted by Gasteiger charge is 2.16. The van der Waals surface area contributed by atoms with Crippen molar-refractivity contribution in [2.45, 2.75) is 19.0 Å². The first kappa shape index (κ1) is 23.3. The molecule has 3 aromatic carbocycles. The topological polar surface area (TPSA) is 85.6 Å². The van der Waals surface area contributed by atoms with Crippen molar-refractivity contribution in [1.29, 1.82) is 0 Å². The average molecular weight is 473 g/mol. The monoisotopic (exact) mass is 472 g/mol. The second-order valence-corrected chi connectivity index (χ2v) is 8.53. The molecular weight excluding hydrogens is 448 g/mol. The van der Waals surface area contributed by atoms with Gasteiger partial charge in [0.15, 0.2) is 5.16 Å². The summed E-state index contributed by atoms with van der Waals surface area (Å²) < 4.78 is 6.80. The summed E-state index contributed by atoms with van der Waals surface area (Å²) in [5, 5.41) is 5.18. The summed E-state index contributed by atoms with van der Waals surface area (Å²) in [6, 6.07) is 22.3. The number of rotatable bonds is 7. The lowest BCUT2D eigenvalue weighted by atomic mass is 10.1. The highest BCUT2D eigenvalue weighted by atomic mass is 32.2. The largest absolute Gasteiger partial charge is 0.497 e. The minimum Gasteiger partial charge on any atom is -0.497 e. The molecule has 0 aliphatic carbocycles. The van der Waals surface area contributed by atoms with Crippen LogP contribution in [0.1, 0.15) is 18.1 Å². The van der Waals surface area contributed by atoms with Crippen LogP contribution in [0.2, 0.25) is 0 Å². The van der Waals surface area contributed by atoms with E-state index in [1.165, 1.54) is 11.8 Å². The van der Waals surface area contributed by atoms with Gasteiger partial charge in [0, 0.05) is 5.56 Å². The molecule has 7 nitrogen and oxygen atoms in total. The predicted molar refractivity (Wildman–Crippen MR) is 136 cm³/mol. The number of carbonyl (C=O) groups excluding carboxylic acids is 1. The third kappa shape index (κ3) is 5.02. The van der Waals surface area contributed by atoms with Crippen LogP contribution in [0.15, 0.2) is 87.8 Å². The number of para-hydroxylation sites is 2. The molecule has 0 radical (unpaired) electrons. The fourth-order valence-corrected chi connectivity index (χ4v) is 4.26. The Morgan fingerprint density at radius 2 is 1.85 bits per heavy atom. The number of aryl methyl sites for hydroxylation is 1. The summed E-state index contributed by atoms with van der Waals surface area (Å²) in [5.41, 5.74) is 6.17. The van der Waals surface area contributed by atoms with E-state index >= 15 is 0 Å². The lowest BCUT2D eigenvalue weighted by Crippen LogP contribution is -2.25. The molecule has 1 N–H and O–H groups in total. The van der Waals surface area contributed by atoms with Crippen LogP contribution in [0.4, 0.5) is 0 Å². The number of hydrogen-bond acceptors (Lipinski definition) is 6. The second kappa shape index (κ2) is 10.4. The van der Waals surface area contributed by atoms with Crippen molar-refractivity contribution in [3.8, 4) is 11.4 Å². The first-order valence-corrected chi connectivity index (χ1v) is 11.6. The van der Waals surface area contributed by atoms with Crippen LogP contribution < -0.4 is 15.7 Å². The molecule has 0 aliphatic heterocycles. The maximum Gasteiger partial charge on any atom is 0.266 e. The van der Waals surface area contributed by atoms with Gasteiger partial charge in [0.1, 0.15) is 5.75 Å². The van der Waals surface area contributed by atoms with Crippen molar-refractivity contribution in [2.75, 3.05) is 12.9 Å². The highest BCUT2D eigenvalue weighted by Crippen LogP contribution is 2.23. The lowest BCUT2D eigenvalue weighted by molar-refractivity contribution is -0.118. The van der Waals surface area contributed by atoms with E-state index in [9.17, 15) is 9.59 Å². The molecule has 8 heteroatoms. The van der Waals surface area contributed by atoms with E-state index in [4.69, 9.17) is 4.74 Å². The number of ether oxygens (including phenoxy) is 1. The second-order valence-electron chi connectivity index (χ2n) is 7.59. The Morgan fingerprint density at radius 1 is 1.09 bits per heavy atom. The number of benzene rings is 3. The number of methoxy groups -OCH3 is 1. The van der Waals surface area contributed by atoms with Crippen LogP contribution in [-0.4, -0.2) is 34.0 Å². The molecule has 1 amide bonds. The molecule has 0 atom stereocenters. The molecule has 0 spiro atoms. The third-order valence-electron chi connectivity index (χ3n) is 5.27. The molecule has 0 aliphatic rings. The summed E-state index contributed by atoms with van der Waals surface area (Å²) in [4.78, 5) is 30.6. The Kier molecular flexibility index (Phi) is 7.08. The minimum atomic E-state index is -0.300. The van der Waals surface area contributed by atoms with Crippen LogP contribution in [0.5, 0.6) is 5.75 Å². The summed E-state index contributed by atoms with van der Waals surface area (Å²) in [6.45, 7) is 3.75. The van der Waals surface area contributed by atoms with Crippen molar-refractivity contribution >= 4 is 34.3 Å². The Bertz CT molecular complexity index is 1450. The summed E-state index contributed by atoms with van der Waals surface area (Å²) in [6.07, 6.45) is 0. The molecule has 172 valence electrons. The SMILES string of the molecule is COc1cccc(/C(C)=N/NC(=O)CSc2nc3ccccc3c(=O)n2-c2ccccc2C)c1. The molecule has 4 rings (SSSR count). The third-order valence-corrected chi connectivity index (χ3v) is 6.21. The number of nitrogens with zero attached hydrogens (tertiary/aromatic N) is 3. The number of aromatic nitrogens is 2. The van der Waals surface area contributed by atoms with Crippen LogP contribution in [0, 0.1) is 6.92 Å². The molecule has 0 bridgehead atoms. The zero-order chi connectivity index (χ0) is 24.1. The van der Waals surface area contributed by atoms with Crippen molar-refractivity contribution in [1.82, 2.24) is 15.0 Å². The Hall–Kier alpha value is -3.91. The van der Waals surface area contributed by atoms with Crippen molar-refractivity contribution < 1.29 is 9.53 Å². The van der Waals surface area contributed by atoms with E-state index in [0.29, 0.717) is 27.5 Å². The molecule has 34 heavy (non-hydrogen) atoms. The van der Waals surface area contributed by atoms with E-state index < -0.39 is 0 Å². The number of fused-ring (bicyclic) bond motifs is 1. The molecule has 1 heterocycles. The van der Waals surface area contributed by atoms with Crippen molar-refractivity contribution in [2.24, 2.45) is 5.10 Å². The maximum atomic E-state index is 13.3. The lowest BCUT2D eigenvalue weighted by Gasteiger charge is -2.14. The number of hydrazone groups is 1. The van der Waals surface area contributed by atoms with Crippen LogP contribution in [0.25, 0.3) is 16.6 Å². The van der Waals surface area contributed by atoms with E-state index in [0.717, 1.165) is 16.8 Å². The number of nitrogens with one attached hydrogen (secondary N) is 1. The Balaban J connectivity index is 1.58. The van der Waals surface area contributed by atoms with Crippen molar-refractivity contribution in [3.05, 3.63) is 94.3 Å². The molecule has 0 unspecified atom stereocenters. The maximum absolute atomic E-state index is 13.3. The van der Waals surface area contributed by atoms with Gasteiger partial charge in [-0.25, -0.2) is 10.4 Å². The van der Waals surface area contributed by atoms with Gasteiger partial charge >= 0.3 is 0 Å². The molecule has 0 saturated heterocycles. The highest BCUT2D eigenvalue weighted by molar-refractivity contribution is 7.99. The van der Waals surface area contributed by atoms with Gasteiger partial charge < -0.3 is 4.74 Å². The fourth-order valence-electron chi connectivity index (χ4n) is 3.46. The van der Waals surface area contributed by atoms with Crippen LogP contribution in [-0.2, 0) is 4.79 Å². The van der Waals surface area contributed by atoms with E-state index in [2.05, 4.69) is 15.5 Å². The molecule has 1 aromatic heterocycles. The van der Waals surface area contributed by atoms with Gasteiger partial charge in [0.2, 0.25) is 0 Å². The van der Waals surface area contributed by atoms with Crippen LogP contribution in [0.3, 0.4) is 0 Å². The number of hydrogen-bond donors (Lipinski definition) is 1. The summed E-state index contributed by atoms with van der Waals surface area (Å²) >= 11 is 1.19. The quantitative estimate of drug-likeness (QED) is 0.187. The normalized spacial score (nSPS) is 11.4. The average Bonchev–Trinajstić information content (AvgIpc) is 2.87.